The highest BCUT2D eigenvalue weighted by Gasteiger charge is 2.24. The first-order valence-corrected chi connectivity index (χ1v) is 10.4. The molecule has 2 N–H and O–H groups in total. The minimum Gasteiger partial charge on any atom is -0.497 e. The normalized spacial score (nSPS) is 15.4. The number of carbonyl (C=O) groups excluding carboxylic acids is 1. The van der Waals surface area contributed by atoms with Crippen LogP contribution in [0.5, 0.6) is 5.75 Å². The van der Waals surface area contributed by atoms with Gasteiger partial charge in [-0.2, -0.15) is 5.10 Å². The molecule has 1 atom stereocenters. The third kappa shape index (κ3) is 4.56. The van der Waals surface area contributed by atoms with Crippen molar-refractivity contribution in [3.63, 3.8) is 0 Å². The number of urea groups is 1. The summed E-state index contributed by atoms with van der Waals surface area (Å²) < 4.78 is 7.09. The summed E-state index contributed by atoms with van der Waals surface area (Å²) in [4.78, 5) is 14.7. The number of hydrogen-bond donors (Lipinski definition) is 2. The van der Waals surface area contributed by atoms with E-state index in [1.54, 1.807) is 18.9 Å². The number of nitrogens with one attached hydrogen (secondary N) is 2. The van der Waals surface area contributed by atoms with E-state index in [0.717, 1.165) is 46.1 Å². The summed E-state index contributed by atoms with van der Waals surface area (Å²) in [5.74, 6) is 0.844. The lowest BCUT2D eigenvalue weighted by atomic mass is 9.93. The average Bonchev–Trinajstić information content (AvgIpc) is 3.12. The van der Waals surface area contributed by atoms with Crippen molar-refractivity contribution in [3.05, 3.63) is 66.0 Å². The third-order valence-electron chi connectivity index (χ3n) is 5.09. The molecule has 0 aliphatic heterocycles. The van der Waals surface area contributed by atoms with Gasteiger partial charge in [0.05, 0.1) is 19.3 Å². The van der Waals surface area contributed by atoms with Crippen molar-refractivity contribution in [1.29, 1.82) is 0 Å². The fraction of sp³-hybridized carbons (Fsp3) is 0.273. The Labute approximate surface area is 174 Å². The van der Waals surface area contributed by atoms with E-state index in [1.807, 2.05) is 66.5 Å². The summed E-state index contributed by atoms with van der Waals surface area (Å²) in [5.41, 5.74) is 3.10. The Kier molecular flexibility index (Phi) is 5.76. The Hall–Kier alpha value is -2.93. The maximum absolute atomic E-state index is 12.5. The van der Waals surface area contributed by atoms with Gasteiger partial charge in [-0.05, 0) is 67.8 Å². The number of anilines is 1. The highest BCUT2D eigenvalue weighted by Crippen LogP contribution is 2.31. The van der Waals surface area contributed by atoms with Crippen LogP contribution < -0.4 is 15.4 Å². The van der Waals surface area contributed by atoms with Gasteiger partial charge >= 0.3 is 6.03 Å². The van der Waals surface area contributed by atoms with Gasteiger partial charge in [-0.25, -0.2) is 4.79 Å². The van der Waals surface area contributed by atoms with E-state index in [-0.39, 0.29) is 12.1 Å². The molecule has 3 aromatic rings. The number of amides is 2. The second kappa shape index (κ2) is 8.61. The molecular formula is C22H24N4O2S. The third-order valence-corrected chi connectivity index (χ3v) is 6.10. The summed E-state index contributed by atoms with van der Waals surface area (Å²) in [6.45, 7) is 0. The smallest absolute Gasteiger partial charge is 0.319 e. The molecule has 150 valence electrons. The fourth-order valence-electron chi connectivity index (χ4n) is 3.57. The first-order chi connectivity index (χ1) is 14.1. The van der Waals surface area contributed by atoms with Gasteiger partial charge in [-0.3, -0.25) is 4.68 Å². The quantitative estimate of drug-likeness (QED) is 0.638. The fourth-order valence-corrected chi connectivity index (χ4v) is 4.38. The number of ether oxygens (including phenoxy) is 1. The van der Waals surface area contributed by atoms with Crippen LogP contribution in [-0.4, -0.2) is 22.9 Å². The molecule has 1 heterocycles. The van der Waals surface area contributed by atoms with Gasteiger partial charge in [0.2, 0.25) is 0 Å². The highest BCUT2D eigenvalue weighted by atomic mass is 32.2. The number of carbonyl (C=O) groups is 1. The van der Waals surface area contributed by atoms with Crippen LogP contribution in [0.3, 0.4) is 0 Å². The molecule has 2 amide bonds. The Morgan fingerprint density at radius 2 is 1.83 bits per heavy atom. The summed E-state index contributed by atoms with van der Waals surface area (Å²) in [6, 6.07) is 15.6. The lowest BCUT2D eigenvalue weighted by molar-refractivity contribution is 0.247. The van der Waals surface area contributed by atoms with E-state index in [9.17, 15) is 4.79 Å². The summed E-state index contributed by atoms with van der Waals surface area (Å²) in [6.07, 6.45) is 4.86. The Morgan fingerprint density at radius 3 is 2.52 bits per heavy atom. The van der Waals surface area contributed by atoms with Crippen LogP contribution in [0.15, 0.2) is 64.5 Å². The average molecular weight is 409 g/mol. The molecule has 0 saturated carbocycles. The molecule has 0 saturated heterocycles. The van der Waals surface area contributed by atoms with Crippen molar-refractivity contribution in [2.75, 3.05) is 12.4 Å². The maximum atomic E-state index is 12.5. The monoisotopic (exact) mass is 408 g/mol. The van der Waals surface area contributed by atoms with Crippen LogP contribution in [0.25, 0.3) is 0 Å². The maximum Gasteiger partial charge on any atom is 0.319 e. The molecule has 0 bridgehead atoms. The zero-order valence-electron chi connectivity index (χ0n) is 16.5. The SMILES string of the molecule is COc1ccc(Sc2ccc(NC(=O)NC3CCCc4c3cnn4C)cc2)cc1. The first kappa shape index (κ1) is 19.4. The second-order valence-electron chi connectivity index (χ2n) is 7.02. The molecule has 1 unspecified atom stereocenters. The molecule has 29 heavy (non-hydrogen) atoms. The number of hydrogen-bond acceptors (Lipinski definition) is 4. The molecule has 1 aromatic heterocycles. The van der Waals surface area contributed by atoms with Crippen molar-refractivity contribution in [2.24, 2.45) is 7.05 Å². The molecule has 6 nitrogen and oxygen atoms in total. The van der Waals surface area contributed by atoms with E-state index >= 15 is 0 Å². The van der Waals surface area contributed by atoms with Crippen molar-refractivity contribution in [2.45, 2.75) is 35.1 Å². The summed E-state index contributed by atoms with van der Waals surface area (Å²) >= 11 is 1.66. The Morgan fingerprint density at radius 1 is 1.14 bits per heavy atom. The topological polar surface area (TPSA) is 68.2 Å². The van der Waals surface area contributed by atoms with Crippen LogP contribution in [0.2, 0.25) is 0 Å². The van der Waals surface area contributed by atoms with Crippen LogP contribution in [-0.2, 0) is 13.5 Å². The molecule has 1 aliphatic carbocycles. The molecule has 7 heteroatoms. The summed E-state index contributed by atoms with van der Waals surface area (Å²) in [7, 11) is 3.61. The number of aromatic nitrogens is 2. The van der Waals surface area contributed by atoms with E-state index in [4.69, 9.17) is 4.74 Å². The molecule has 0 fully saturated rings. The number of benzene rings is 2. The largest absolute Gasteiger partial charge is 0.497 e. The molecule has 4 rings (SSSR count). The van der Waals surface area contributed by atoms with Crippen LogP contribution >= 0.6 is 11.8 Å². The van der Waals surface area contributed by atoms with Gasteiger partial charge in [0, 0.05) is 33.8 Å². The van der Waals surface area contributed by atoms with E-state index < -0.39 is 0 Å². The number of aryl methyl sites for hydroxylation is 1. The predicted octanol–water partition coefficient (Wildman–Crippen LogP) is 4.78. The van der Waals surface area contributed by atoms with Gasteiger partial charge < -0.3 is 15.4 Å². The highest BCUT2D eigenvalue weighted by molar-refractivity contribution is 7.99. The van der Waals surface area contributed by atoms with Crippen molar-refractivity contribution >= 4 is 23.5 Å². The molecular weight excluding hydrogens is 384 g/mol. The van der Waals surface area contributed by atoms with Gasteiger partial charge in [0.1, 0.15) is 5.75 Å². The molecule has 0 radical (unpaired) electrons. The van der Waals surface area contributed by atoms with Crippen LogP contribution in [0.1, 0.15) is 30.1 Å². The molecule has 1 aliphatic rings. The first-order valence-electron chi connectivity index (χ1n) is 9.62. The number of fused-ring (bicyclic) bond motifs is 1. The van der Waals surface area contributed by atoms with Crippen molar-refractivity contribution in [1.82, 2.24) is 15.1 Å². The van der Waals surface area contributed by atoms with Crippen LogP contribution in [0.4, 0.5) is 10.5 Å². The minimum atomic E-state index is -0.192. The van der Waals surface area contributed by atoms with E-state index in [2.05, 4.69) is 15.7 Å². The standard InChI is InChI=1S/C22H24N4O2S/c1-26-21-5-3-4-20(19(21)14-23-26)25-22(27)24-15-6-10-17(11-7-15)29-18-12-8-16(28-2)9-13-18/h6-14,20H,3-5H2,1-2H3,(H2,24,25,27). The molecule has 0 spiro atoms. The van der Waals surface area contributed by atoms with Crippen LogP contribution in [0, 0.1) is 0 Å². The molecule has 2 aromatic carbocycles. The van der Waals surface area contributed by atoms with Gasteiger partial charge in [0.15, 0.2) is 0 Å². The Balaban J connectivity index is 1.34. The lowest BCUT2D eigenvalue weighted by Crippen LogP contribution is -2.34. The Bertz CT molecular complexity index is 983. The van der Waals surface area contributed by atoms with E-state index in [0.29, 0.717) is 0 Å². The predicted molar refractivity (Wildman–Crippen MR) is 115 cm³/mol. The number of rotatable bonds is 5. The van der Waals surface area contributed by atoms with Crippen molar-refractivity contribution < 1.29 is 9.53 Å². The zero-order valence-corrected chi connectivity index (χ0v) is 17.3. The lowest BCUT2D eigenvalue weighted by Gasteiger charge is -2.24. The van der Waals surface area contributed by atoms with Gasteiger partial charge in [-0.1, -0.05) is 11.8 Å². The van der Waals surface area contributed by atoms with Gasteiger partial charge in [-0.15, -0.1) is 0 Å². The van der Waals surface area contributed by atoms with Crippen molar-refractivity contribution in [3.8, 4) is 5.75 Å². The van der Waals surface area contributed by atoms with E-state index in [1.165, 1.54) is 5.69 Å². The number of methoxy groups -OCH3 is 1. The minimum absolute atomic E-state index is 0.0114. The van der Waals surface area contributed by atoms with Gasteiger partial charge in [0.25, 0.3) is 0 Å². The zero-order chi connectivity index (χ0) is 20.2. The number of nitrogens with zero attached hydrogens (tertiary/aromatic N) is 2. The second-order valence-corrected chi connectivity index (χ2v) is 8.16. The summed E-state index contributed by atoms with van der Waals surface area (Å²) in [5, 5.41) is 10.3.